The molecule has 0 aliphatic heterocycles. The number of anilines is 1. The van der Waals surface area contributed by atoms with Crippen molar-refractivity contribution >= 4 is 42.1 Å². The van der Waals surface area contributed by atoms with Crippen molar-refractivity contribution in [3.8, 4) is 16.9 Å². The Morgan fingerprint density at radius 2 is 2.14 bits per heavy atom. The van der Waals surface area contributed by atoms with Gasteiger partial charge in [0.05, 0.1) is 5.02 Å². The van der Waals surface area contributed by atoms with Gasteiger partial charge in [-0.15, -0.1) is 0 Å². The molecule has 0 aliphatic rings. The maximum atomic E-state index is 9.54. The highest BCUT2D eigenvalue weighted by Gasteiger charge is 2.15. The third kappa shape index (κ3) is 2.81. The second-order valence-corrected chi connectivity index (χ2v) is 5.08. The highest BCUT2D eigenvalue weighted by atomic mass is 35.5. The molecule has 7 heteroatoms. The van der Waals surface area contributed by atoms with Gasteiger partial charge in [-0.05, 0) is 17.7 Å². The molecule has 5 N–H and O–H groups in total. The number of phenolic OH excluding ortho intramolecular Hbond substituents is 1. The summed E-state index contributed by atoms with van der Waals surface area (Å²) in [7, 11) is 1.62. The van der Waals surface area contributed by atoms with Gasteiger partial charge in [-0.1, -0.05) is 29.9 Å². The van der Waals surface area contributed by atoms with Gasteiger partial charge in [0, 0.05) is 36.2 Å². The number of nitrogens with one attached hydrogen (secondary N) is 2. The molecule has 2 aromatic rings. The number of nitrogens with zero attached hydrogens (tertiary/aromatic N) is 1. The molecule has 0 amide bonds. The first-order valence-corrected chi connectivity index (χ1v) is 6.75. The number of hydrogen-bond donors (Lipinski definition) is 4. The summed E-state index contributed by atoms with van der Waals surface area (Å²) in [6, 6.07) is 4.76. The molecule has 5 nitrogen and oxygen atoms in total. The minimum absolute atomic E-state index is 0.0170. The highest BCUT2D eigenvalue weighted by molar-refractivity contribution is 7.71. The highest BCUT2D eigenvalue weighted by Crippen LogP contribution is 2.34. The molecule has 1 aromatic carbocycles. The van der Waals surface area contributed by atoms with Gasteiger partial charge in [-0.3, -0.25) is 4.99 Å². The van der Waals surface area contributed by atoms with Crippen molar-refractivity contribution in [3.05, 3.63) is 39.0 Å². The first-order valence-electron chi connectivity index (χ1n) is 5.96. The smallest absolute Gasteiger partial charge is 0.134 e. The van der Waals surface area contributed by atoms with Crippen LogP contribution in [0.15, 0.2) is 23.2 Å². The molecule has 108 valence electrons. The second-order valence-electron chi connectivity index (χ2n) is 4.27. The Hall–Kier alpha value is -2.18. The average Bonchev–Trinajstić information content (AvgIpc) is 2.44. The summed E-state index contributed by atoms with van der Waals surface area (Å²) < 4.78 is 0.356. The molecular formula is C14H13ClN4OS. The fourth-order valence-corrected chi connectivity index (χ4v) is 2.48. The number of aromatic hydroxyl groups is 1. The predicted octanol–water partition coefficient (Wildman–Crippen LogP) is 3.40. The van der Waals surface area contributed by atoms with Crippen molar-refractivity contribution in [1.29, 1.82) is 5.41 Å². The van der Waals surface area contributed by atoms with Crippen LogP contribution in [0.2, 0.25) is 5.02 Å². The van der Waals surface area contributed by atoms with Crippen LogP contribution in [0.5, 0.6) is 5.75 Å². The molecule has 0 fully saturated rings. The van der Waals surface area contributed by atoms with E-state index in [1.54, 1.807) is 25.4 Å². The molecule has 0 radical (unpaired) electrons. The lowest BCUT2D eigenvalue weighted by Gasteiger charge is -2.13. The van der Waals surface area contributed by atoms with Gasteiger partial charge in [0.15, 0.2) is 0 Å². The van der Waals surface area contributed by atoms with Crippen LogP contribution in [-0.4, -0.2) is 29.6 Å². The normalized spacial score (nSPS) is 11.0. The van der Waals surface area contributed by atoms with Crippen molar-refractivity contribution in [2.24, 2.45) is 4.99 Å². The molecule has 0 aliphatic carbocycles. The van der Waals surface area contributed by atoms with Gasteiger partial charge < -0.3 is 21.2 Å². The maximum Gasteiger partial charge on any atom is 0.134 e. The molecule has 0 saturated carbocycles. The topological polar surface area (TPSA) is 98.2 Å². The van der Waals surface area contributed by atoms with E-state index in [9.17, 15) is 5.11 Å². The van der Waals surface area contributed by atoms with Gasteiger partial charge in [-0.25, -0.2) is 0 Å². The quantitative estimate of drug-likeness (QED) is 0.515. The lowest BCUT2D eigenvalue weighted by Crippen LogP contribution is -2.05. The number of rotatable bonds is 3. The SMILES string of the molecule is CN=Cc1c(N)[nH]c(=S)c(C=N)c1-c1ccc(O)c(Cl)c1. The van der Waals surface area contributed by atoms with Crippen LogP contribution in [0.4, 0.5) is 5.82 Å². The number of pyridine rings is 1. The number of H-pyrrole nitrogens is 1. The summed E-state index contributed by atoms with van der Waals surface area (Å²) in [5.41, 5.74) is 8.44. The van der Waals surface area contributed by atoms with Crippen molar-refractivity contribution < 1.29 is 5.11 Å². The summed E-state index contributed by atoms with van der Waals surface area (Å²) in [6.07, 6.45) is 2.74. The Balaban J connectivity index is 2.90. The van der Waals surface area contributed by atoms with Crippen molar-refractivity contribution in [2.45, 2.75) is 0 Å². The van der Waals surface area contributed by atoms with E-state index in [1.165, 1.54) is 6.07 Å². The Kier molecular flexibility index (Phi) is 4.40. The largest absolute Gasteiger partial charge is 0.506 e. The molecule has 0 bridgehead atoms. The van der Waals surface area contributed by atoms with E-state index in [1.807, 2.05) is 0 Å². The zero-order valence-corrected chi connectivity index (χ0v) is 12.7. The number of benzene rings is 1. The van der Waals surface area contributed by atoms with Gasteiger partial charge in [-0.2, -0.15) is 0 Å². The van der Waals surface area contributed by atoms with Gasteiger partial charge in [0.25, 0.3) is 0 Å². The summed E-state index contributed by atoms with van der Waals surface area (Å²) in [4.78, 5) is 6.83. The third-order valence-corrected chi connectivity index (χ3v) is 3.59. The van der Waals surface area contributed by atoms with Crippen LogP contribution in [0.3, 0.4) is 0 Å². The van der Waals surface area contributed by atoms with E-state index in [-0.39, 0.29) is 10.8 Å². The first-order chi connectivity index (χ1) is 9.99. The maximum absolute atomic E-state index is 9.54. The third-order valence-electron chi connectivity index (χ3n) is 2.96. The Morgan fingerprint density at radius 3 is 2.71 bits per heavy atom. The molecule has 1 aromatic heterocycles. The van der Waals surface area contributed by atoms with Crippen LogP contribution >= 0.6 is 23.8 Å². The summed E-state index contributed by atoms with van der Waals surface area (Å²) in [5, 5.41) is 17.3. The van der Waals surface area contributed by atoms with E-state index in [2.05, 4.69) is 9.98 Å². The van der Waals surface area contributed by atoms with Gasteiger partial charge in [0.2, 0.25) is 0 Å². The van der Waals surface area contributed by atoms with Gasteiger partial charge in [0.1, 0.15) is 16.2 Å². The molecule has 0 spiro atoms. The summed E-state index contributed by atoms with van der Waals surface area (Å²) in [5.74, 6) is 0.340. The summed E-state index contributed by atoms with van der Waals surface area (Å²) in [6.45, 7) is 0. The lowest BCUT2D eigenvalue weighted by molar-refractivity contribution is 0.475. The van der Waals surface area contributed by atoms with Crippen LogP contribution in [0.25, 0.3) is 11.1 Å². The van der Waals surface area contributed by atoms with Gasteiger partial charge >= 0.3 is 0 Å². The van der Waals surface area contributed by atoms with E-state index < -0.39 is 0 Å². The monoisotopic (exact) mass is 320 g/mol. The second kappa shape index (κ2) is 6.07. The molecule has 0 unspecified atom stereocenters. The fourth-order valence-electron chi connectivity index (χ4n) is 2.02. The minimum Gasteiger partial charge on any atom is -0.506 e. The molecular weight excluding hydrogens is 308 g/mol. The van der Waals surface area contributed by atoms with Crippen molar-refractivity contribution in [3.63, 3.8) is 0 Å². The van der Waals surface area contributed by atoms with E-state index in [4.69, 9.17) is 35.0 Å². The Labute approximate surface area is 131 Å². The fraction of sp³-hybridized carbons (Fsp3) is 0.0714. The van der Waals surface area contributed by atoms with Crippen molar-refractivity contribution in [2.75, 3.05) is 12.8 Å². The number of nitrogen functional groups attached to an aromatic ring is 1. The van der Waals surface area contributed by atoms with E-state index in [0.29, 0.717) is 32.7 Å². The standard InChI is InChI=1S/C14H13ClN4OS/c1-18-6-9-12(7-2-3-11(20)10(15)4-7)8(5-16)14(21)19-13(9)17/h2-6,16,20H,1H3,(H3,17,19,21). The predicted molar refractivity (Wildman–Crippen MR) is 89.6 cm³/mol. The number of halogens is 1. The zero-order valence-electron chi connectivity index (χ0n) is 11.1. The number of nitrogens with two attached hydrogens (primary N) is 1. The first kappa shape index (κ1) is 15.2. The molecule has 0 atom stereocenters. The number of aromatic nitrogens is 1. The number of phenols is 1. The lowest BCUT2D eigenvalue weighted by atomic mass is 9.96. The minimum atomic E-state index is -0.0170. The average molecular weight is 321 g/mol. The van der Waals surface area contributed by atoms with E-state index in [0.717, 1.165) is 6.21 Å². The zero-order chi connectivity index (χ0) is 15.6. The molecule has 21 heavy (non-hydrogen) atoms. The number of aliphatic imine (C=N–C) groups is 1. The Morgan fingerprint density at radius 1 is 1.43 bits per heavy atom. The van der Waals surface area contributed by atoms with Crippen LogP contribution < -0.4 is 5.73 Å². The van der Waals surface area contributed by atoms with Crippen LogP contribution in [0.1, 0.15) is 11.1 Å². The molecule has 2 rings (SSSR count). The van der Waals surface area contributed by atoms with Crippen LogP contribution in [-0.2, 0) is 0 Å². The Bertz CT molecular complexity index is 798. The van der Waals surface area contributed by atoms with Crippen LogP contribution in [0, 0.1) is 10.0 Å². The van der Waals surface area contributed by atoms with E-state index >= 15 is 0 Å². The van der Waals surface area contributed by atoms with Crippen molar-refractivity contribution in [1.82, 2.24) is 4.98 Å². The summed E-state index contributed by atoms with van der Waals surface area (Å²) >= 11 is 11.2. The number of aromatic amines is 1. The molecule has 0 saturated heterocycles. The molecule has 1 heterocycles. The number of hydrogen-bond acceptors (Lipinski definition) is 5.